The molecular weight excluding hydrogens is 117 g/mol. The summed E-state index contributed by atoms with van der Waals surface area (Å²) in [6.07, 6.45) is 6.60. The van der Waals surface area contributed by atoms with Crippen molar-refractivity contribution in [2.24, 2.45) is 0 Å². The molecule has 1 nitrogen and oxygen atoms in total. The molecule has 0 saturated heterocycles. The predicted octanol–water partition coefficient (Wildman–Crippen LogP) is 1.39. The molecule has 9 heavy (non-hydrogen) atoms. The average molecular weight is 127 g/mol. The molecule has 0 saturated carbocycles. The van der Waals surface area contributed by atoms with E-state index in [9.17, 15) is 4.39 Å². The number of alkyl halides is 1. The highest BCUT2D eigenvalue weighted by Gasteiger charge is 1.94. The average Bonchev–Trinajstić information content (AvgIpc) is 2.13. The fraction of sp³-hybridized carbons (Fsp3) is 0.429. The molecule has 1 aliphatic rings. The first-order valence-corrected chi connectivity index (χ1v) is 3.06. The Balaban J connectivity index is 2.45. The molecule has 0 aromatic rings. The second kappa shape index (κ2) is 3.28. The van der Waals surface area contributed by atoms with E-state index in [1.807, 2.05) is 18.4 Å². The van der Waals surface area contributed by atoms with Gasteiger partial charge < -0.3 is 5.32 Å². The summed E-state index contributed by atoms with van der Waals surface area (Å²) < 4.78 is 11.9. The Morgan fingerprint density at radius 3 is 3.33 bits per heavy atom. The van der Waals surface area contributed by atoms with Gasteiger partial charge in [-0.3, -0.25) is 0 Å². The maximum absolute atomic E-state index is 11.9. The minimum absolute atomic E-state index is 0.325. The molecule has 0 radical (unpaired) electrons. The fourth-order valence-electron chi connectivity index (χ4n) is 0.750. The second-order valence-corrected chi connectivity index (χ2v) is 2.01. The van der Waals surface area contributed by atoms with E-state index < -0.39 is 0 Å². The Bertz CT molecular complexity index is 138. The van der Waals surface area contributed by atoms with Crippen LogP contribution in [0.25, 0.3) is 0 Å². The highest BCUT2D eigenvalue weighted by atomic mass is 19.1. The van der Waals surface area contributed by atoms with Crippen molar-refractivity contribution in [3.05, 3.63) is 23.9 Å². The second-order valence-electron chi connectivity index (χ2n) is 2.01. The van der Waals surface area contributed by atoms with Gasteiger partial charge in [0.15, 0.2) is 0 Å². The van der Waals surface area contributed by atoms with E-state index in [2.05, 4.69) is 5.32 Å². The minimum atomic E-state index is -0.325. The van der Waals surface area contributed by atoms with Gasteiger partial charge in [0.05, 0.1) is 0 Å². The van der Waals surface area contributed by atoms with E-state index in [1.54, 1.807) is 0 Å². The quantitative estimate of drug-likeness (QED) is 0.525. The molecule has 0 aromatic carbocycles. The van der Waals surface area contributed by atoms with E-state index in [4.69, 9.17) is 0 Å². The molecule has 2 heteroatoms. The van der Waals surface area contributed by atoms with E-state index in [0.717, 1.165) is 12.0 Å². The summed E-state index contributed by atoms with van der Waals surface area (Å²) in [6.45, 7) is 0.335. The maximum atomic E-state index is 11.9. The van der Waals surface area contributed by atoms with Crippen LogP contribution in [0.5, 0.6) is 0 Å². The van der Waals surface area contributed by atoms with Gasteiger partial charge in [-0.2, -0.15) is 0 Å². The number of hydrogen-bond acceptors (Lipinski definition) is 1. The van der Waals surface area contributed by atoms with Crippen LogP contribution < -0.4 is 5.32 Å². The summed E-state index contributed by atoms with van der Waals surface area (Å²) in [6, 6.07) is 0. The first-order chi connectivity index (χ1) is 4.43. The van der Waals surface area contributed by atoms with Crippen molar-refractivity contribution in [2.45, 2.75) is 6.42 Å². The number of nitrogens with one attached hydrogen (secondary N) is 1. The van der Waals surface area contributed by atoms with Crippen molar-refractivity contribution in [3.63, 3.8) is 0 Å². The van der Waals surface area contributed by atoms with Crippen LogP contribution in [0.4, 0.5) is 4.39 Å². The van der Waals surface area contributed by atoms with Crippen LogP contribution in [0.1, 0.15) is 6.42 Å². The summed E-state index contributed by atoms with van der Waals surface area (Å²) in [5.41, 5.74) is 0.847. The third-order valence-electron chi connectivity index (χ3n) is 1.28. The molecule has 1 N–H and O–H groups in total. The highest BCUT2D eigenvalue weighted by Crippen LogP contribution is 1.99. The van der Waals surface area contributed by atoms with Gasteiger partial charge in [0.1, 0.15) is 6.67 Å². The molecule has 1 heterocycles. The van der Waals surface area contributed by atoms with Crippen LogP contribution in [0.2, 0.25) is 0 Å². The van der Waals surface area contributed by atoms with Gasteiger partial charge >= 0.3 is 0 Å². The van der Waals surface area contributed by atoms with Gasteiger partial charge in [-0.15, -0.1) is 0 Å². The Morgan fingerprint density at radius 2 is 2.56 bits per heavy atom. The minimum Gasteiger partial charge on any atom is -0.387 e. The largest absolute Gasteiger partial charge is 0.387 e. The monoisotopic (exact) mass is 127 g/mol. The normalized spacial score (nSPS) is 18.1. The smallest absolute Gasteiger partial charge is 0.112 e. The Kier molecular flexibility index (Phi) is 2.31. The van der Waals surface area contributed by atoms with Crippen molar-refractivity contribution in [2.75, 3.05) is 13.2 Å². The number of hydrogen-bond donors (Lipinski definition) is 1. The molecule has 0 aromatic heterocycles. The zero-order valence-electron chi connectivity index (χ0n) is 5.23. The molecule has 0 fully saturated rings. The Morgan fingerprint density at radius 1 is 1.67 bits per heavy atom. The van der Waals surface area contributed by atoms with Gasteiger partial charge in [0.25, 0.3) is 0 Å². The van der Waals surface area contributed by atoms with Gasteiger partial charge in [-0.1, -0.05) is 12.2 Å². The summed E-state index contributed by atoms with van der Waals surface area (Å²) in [5.74, 6) is 0. The van der Waals surface area contributed by atoms with E-state index in [0.29, 0.717) is 6.54 Å². The zero-order chi connectivity index (χ0) is 6.53. The predicted molar refractivity (Wildman–Crippen MR) is 35.8 cm³/mol. The number of rotatable bonds is 1. The van der Waals surface area contributed by atoms with Crippen molar-refractivity contribution in [1.29, 1.82) is 0 Å². The van der Waals surface area contributed by atoms with Crippen LogP contribution in [0.15, 0.2) is 23.9 Å². The van der Waals surface area contributed by atoms with Crippen LogP contribution >= 0.6 is 0 Å². The summed E-state index contributed by atoms with van der Waals surface area (Å²) in [5, 5.41) is 2.96. The number of allylic oxidation sites excluding steroid dienone is 2. The van der Waals surface area contributed by atoms with Crippen molar-refractivity contribution in [3.8, 4) is 0 Å². The SMILES string of the molecule is FCC1=CCC=CNC1. The van der Waals surface area contributed by atoms with E-state index in [-0.39, 0.29) is 6.67 Å². The van der Waals surface area contributed by atoms with Gasteiger partial charge in [-0.25, -0.2) is 4.39 Å². The van der Waals surface area contributed by atoms with Crippen LogP contribution in [-0.4, -0.2) is 13.2 Å². The van der Waals surface area contributed by atoms with Crippen molar-refractivity contribution < 1.29 is 4.39 Å². The maximum Gasteiger partial charge on any atom is 0.112 e. The van der Waals surface area contributed by atoms with E-state index in [1.165, 1.54) is 0 Å². The highest BCUT2D eigenvalue weighted by molar-refractivity contribution is 5.10. The number of halogens is 1. The molecular formula is C7H10FN. The van der Waals surface area contributed by atoms with Gasteiger partial charge in [0, 0.05) is 6.54 Å². The van der Waals surface area contributed by atoms with Gasteiger partial charge in [-0.05, 0) is 18.2 Å². The zero-order valence-corrected chi connectivity index (χ0v) is 5.23. The topological polar surface area (TPSA) is 12.0 Å². The van der Waals surface area contributed by atoms with Crippen molar-refractivity contribution in [1.82, 2.24) is 5.32 Å². The lowest BCUT2D eigenvalue weighted by molar-refractivity contribution is 0.534. The Hall–Kier alpha value is -0.790. The van der Waals surface area contributed by atoms with Crippen LogP contribution in [0.3, 0.4) is 0 Å². The summed E-state index contributed by atoms with van der Waals surface area (Å²) in [7, 11) is 0. The molecule has 50 valence electrons. The Labute approximate surface area is 54.3 Å². The molecule has 0 aliphatic carbocycles. The molecule has 0 amide bonds. The molecule has 0 unspecified atom stereocenters. The molecule has 0 bridgehead atoms. The first-order valence-electron chi connectivity index (χ1n) is 3.06. The lowest BCUT2D eigenvalue weighted by Gasteiger charge is -1.97. The fourth-order valence-corrected chi connectivity index (χ4v) is 0.750. The molecule has 0 spiro atoms. The third kappa shape index (κ3) is 1.88. The lowest BCUT2D eigenvalue weighted by Crippen LogP contribution is -2.09. The summed E-state index contributed by atoms with van der Waals surface area (Å²) >= 11 is 0. The first kappa shape index (κ1) is 6.33. The summed E-state index contributed by atoms with van der Waals surface area (Å²) in [4.78, 5) is 0. The third-order valence-corrected chi connectivity index (χ3v) is 1.28. The van der Waals surface area contributed by atoms with E-state index >= 15 is 0 Å². The molecule has 0 atom stereocenters. The van der Waals surface area contributed by atoms with Crippen molar-refractivity contribution >= 4 is 0 Å². The standard InChI is InChI=1S/C7H10FN/c8-5-7-3-1-2-4-9-6-7/h2-4,9H,1,5-6H2. The van der Waals surface area contributed by atoms with Crippen LogP contribution in [-0.2, 0) is 0 Å². The molecule has 1 aliphatic heterocycles. The lowest BCUT2D eigenvalue weighted by atomic mass is 10.2. The molecule has 1 rings (SSSR count). The van der Waals surface area contributed by atoms with Crippen LogP contribution in [0, 0.1) is 0 Å². The van der Waals surface area contributed by atoms with Gasteiger partial charge in [0.2, 0.25) is 0 Å².